The molecule has 2 fully saturated rings. The first-order valence-electron chi connectivity index (χ1n) is 8.19. The molecule has 2 aromatic heterocycles. The molecule has 128 valence electrons. The molecule has 2 bridgehead atoms. The number of fused-ring (bicyclic) bond motifs is 3. The Morgan fingerprint density at radius 1 is 1.40 bits per heavy atom. The van der Waals surface area contributed by atoms with Crippen LogP contribution in [0.3, 0.4) is 0 Å². The maximum Gasteiger partial charge on any atom is 0.384 e. The number of pyridine rings is 1. The molecule has 0 aliphatic carbocycles. The van der Waals surface area contributed by atoms with Gasteiger partial charge in [-0.1, -0.05) is 0 Å². The van der Waals surface area contributed by atoms with Crippen molar-refractivity contribution in [2.24, 2.45) is 0 Å². The molecule has 0 radical (unpaired) electrons. The third-order valence-electron chi connectivity index (χ3n) is 4.72. The highest BCUT2D eigenvalue weighted by Gasteiger charge is 2.39. The van der Waals surface area contributed by atoms with Crippen molar-refractivity contribution in [1.82, 2.24) is 15.6 Å². The SMILES string of the molecule is COC(=O)C#Cc1cc2cnc(C(=O)N[C@@H]3C[C@H]4CC[C@@H]3N4)cc2s1. The normalized spacial score (nSPS) is 24.0. The fraction of sp³-hybridized carbons (Fsp3) is 0.389. The molecule has 2 aromatic rings. The molecule has 6 nitrogen and oxygen atoms in total. The number of ether oxygens (including phenoxy) is 1. The maximum atomic E-state index is 12.5. The number of aromatic nitrogens is 1. The van der Waals surface area contributed by atoms with Gasteiger partial charge in [-0.25, -0.2) is 4.79 Å². The van der Waals surface area contributed by atoms with E-state index in [0.717, 1.165) is 27.8 Å². The van der Waals surface area contributed by atoms with Crippen molar-refractivity contribution in [3.05, 3.63) is 28.9 Å². The zero-order valence-corrected chi connectivity index (χ0v) is 14.5. The molecule has 3 atom stereocenters. The van der Waals surface area contributed by atoms with E-state index in [1.807, 2.05) is 6.07 Å². The van der Waals surface area contributed by atoms with Crippen molar-refractivity contribution >= 4 is 33.3 Å². The van der Waals surface area contributed by atoms with E-state index in [-0.39, 0.29) is 11.9 Å². The van der Waals surface area contributed by atoms with Gasteiger partial charge in [-0.05, 0) is 37.3 Å². The van der Waals surface area contributed by atoms with Crippen molar-refractivity contribution in [3.63, 3.8) is 0 Å². The Balaban J connectivity index is 1.51. The van der Waals surface area contributed by atoms with Gasteiger partial charge in [0.15, 0.2) is 0 Å². The van der Waals surface area contributed by atoms with Gasteiger partial charge in [0.1, 0.15) is 5.69 Å². The quantitative estimate of drug-likeness (QED) is 0.629. The minimum atomic E-state index is -0.574. The predicted octanol–water partition coefficient (Wildman–Crippen LogP) is 1.44. The van der Waals surface area contributed by atoms with Crippen LogP contribution in [0.25, 0.3) is 10.1 Å². The monoisotopic (exact) mass is 355 g/mol. The molecule has 25 heavy (non-hydrogen) atoms. The minimum Gasteiger partial charge on any atom is -0.459 e. The fourth-order valence-electron chi connectivity index (χ4n) is 3.51. The van der Waals surface area contributed by atoms with E-state index in [1.54, 1.807) is 12.3 Å². The van der Waals surface area contributed by atoms with E-state index in [9.17, 15) is 9.59 Å². The van der Waals surface area contributed by atoms with Gasteiger partial charge >= 0.3 is 5.97 Å². The molecule has 2 aliphatic rings. The van der Waals surface area contributed by atoms with Crippen LogP contribution in [0, 0.1) is 11.8 Å². The molecule has 1 amide bonds. The average Bonchev–Trinajstić information content (AvgIpc) is 3.33. The number of nitrogens with one attached hydrogen (secondary N) is 2. The van der Waals surface area contributed by atoms with Gasteiger partial charge in [-0.3, -0.25) is 9.78 Å². The summed E-state index contributed by atoms with van der Waals surface area (Å²) in [7, 11) is 1.29. The number of carbonyl (C=O) groups excluding carboxylic acids is 2. The van der Waals surface area contributed by atoms with Crippen LogP contribution in [0.4, 0.5) is 0 Å². The van der Waals surface area contributed by atoms with E-state index < -0.39 is 5.97 Å². The Labute approximate surface area is 149 Å². The Morgan fingerprint density at radius 3 is 3.00 bits per heavy atom. The third-order valence-corrected chi connectivity index (χ3v) is 5.74. The first-order chi connectivity index (χ1) is 12.1. The summed E-state index contributed by atoms with van der Waals surface area (Å²) in [6.07, 6.45) is 4.98. The van der Waals surface area contributed by atoms with E-state index >= 15 is 0 Å². The van der Waals surface area contributed by atoms with Crippen LogP contribution in [-0.4, -0.2) is 42.1 Å². The van der Waals surface area contributed by atoms with Gasteiger partial charge in [0.05, 0.1) is 12.0 Å². The zero-order chi connectivity index (χ0) is 17.4. The lowest BCUT2D eigenvalue weighted by Crippen LogP contribution is -2.43. The van der Waals surface area contributed by atoms with Gasteiger partial charge in [-0.2, -0.15) is 0 Å². The molecule has 2 aliphatic heterocycles. The van der Waals surface area contributed by atoms with Crippen LogP contribution in [-0.2, 0) is 9.53 Å². The van der Waals surface area contributed by atoms with Gasteiger partial charge in [0, 0.05) is 40.3 Å². The second-order valence-corrected chi connectivity index (χ2v) is 7.41. The van der Waals surface area contributed by atoms with Gasteiger partial charge < -0.3 is 15.4 Å². The first-order valence-corrected chi connectivity index (χ1v) is 9.00. The van der Waals surface area contributed by atoms with Crippen molar-refractivity contribution in [2.45, 2.75) is 37.4 Å². The first kappa shape index (κ1) is 16.1. The zero-order valence-electron chi connectivity index (χ0n) is 13.7. The summed E-state index contributed by atoms with van der Waals surface area (Å²) in [5.74, 6) is 4.46. The molecular weight excluding hydrogens is 338 g/mol. The molecule has 0 unspecified atom stereocenters. The van der Waals surface area contributed by atoms with Crippen molar-refractivity contribution in [1.29, 1.82) is 0 Å². The summed E-state index contributed by atoms with van der Waals surface area (Å²) in [5.41, 5.74) is 0.407. The van der Waals surface area contributed by atoms with Crippen LogP contribution < -0.4 is 10.6 Å². The van der Waals surface area contributed by atoms with Crippen molar-refractivity contribution in [2.75, 3.05) is 7.11 Å². The summed E-state index contributed by atoms with van der Waals surface area (Å²) in [4.78, 5) is 28.6. The topological polar surface area (TPSA) is 80.3 Å². The maximum absolute atomic E-state index is 12.5. The van der Waals surface area contributed by atoms with E-state index in [1.165, 1.54) is 24.9 Å². The number of thiophene rings is 1. The predicted molar refractivity (Wildman–Crippen MR) is 94.3 cm³/mol. The largest absolute Gasteiger partial charge is 0.459 e. The standard InChI is InChI=1S/C18H17N3O3S/c1-24-17(22)5-3-12-6-10-9-19-15(8-16(10)25-12)18(23)21-14-7-11-2-4-13(14)20-11/h6,8-9,11,13-14,20H,2,4,7H2,1H3,(H,21,23)/t11-,13+,14-/m1/s1. The number of amides is 1. The molecule has 0 saturated carbocycles. The van der Waals surface area contributed by atoms with E-state index in [4.69, 9.17) is 0 Å². The summed E-state index contributed by atoms with van der Waals surface area (Å²) >= 11 is 1.42. The Bertz CT molecular complexity index is 911. The molecule has 0 spiro atoms. The molecular formula is C18H17N3O3S. The lowest BCUT2D eigenvalue weighted by Gasteiger charge is -2.21. The van der Waals surface area contributed by atoms with Gasteiger partial charge in [0.2, 0.25) is 0 Å². The van der Waals surface area contributed by atoms with E-state index in [0.29, 0.717) is 17.8 Å². The van der Waals surface area contributed by atoms with Crippen molar-refractivity contribution in [3.8, 4) is 11.8 Å². The second-order valence-electron chi connectivity index (χ2n) is 6.32. The molecule has 2 saturated heterocycles. The molecule has 7 heteroatoms. The lowest BCUT2D eigenvalue weighted by molar-refractivity contribution is -0.133. The average molecular weight is 355 g/mol. The lowest BCUT2D eigenvalue weighted by atomic mass is 9.95. The number of carbonyl (C=O) groups is 2. The number of esters is 1. The number of nitrogens with zero attached hydrogens (tertiary/aromatic N) is 1. The van der Waals surface area contributed by atoms with Crippen LogP contribution in [0.1, 0.15) is 34.6 Å². The summed E-state index contributed by atoms with van der Waals surface area (Å²) < 4.78 is 5.42. The summed E-state index contributed by atoms with van der Waals surface area (Å²) in [6, 6.07) is 4.75. The highest BCUT2D eigenvalue weighted by molar-refractivity contribution is 7.19. The van der Waals surface area contributed by atoms with Crippen LogP contribution in [0.2, 0.25) is 0 Å². The van der Waals surface area contributed by atoms with Gasteiger partial charge in [-0.15, -0.1) is 11.3 Å². The number of rotatable bonds is 2. The second kappa shape index (κ2) is 6.47. The van der Waals surface area contributed by atoms with Crippen LogP contribution in [0.15, 0.2) is 18.3 Å². The van der Waals surface area contributed by atoms with Crippen LogP contribution in [0.5, 0.6) is 0 Å². The Morgan fingerprint density at radius 2 is 2.28 bits per heavy atom. The highest BCUT2D eigenvalue weighted by Crippen LogP contribution is 2.29. The number of hydrogen-bond acceptors (Lipinski definition) is 6. The van der Waals surface area contributed by atoms with E-state index in [2.05, 4.69) is 32.2 Å². The van der Waals surface area contributed by atoms with Gasteiger partial charge in [0.25, 0.3) is 5.91 Å². The molecule has 4 rings (SSSR count). The molecule has 0 aromatic carbocycles. The highest BCUT2D eigenvalue weighted by atomic mass is 32.1. The Hall–Kier alpha value is -2.43. The molecule has 2 N–H and O–H groups in total. The minimum absolute atomic E-state index is 0.142. The number of methoxy groups -OCH3 is 1. The fourth-order valence-corrected chi connectivity index (χ4v) is 4.43. The molecule has 4 heterocycles. The van der Waals surface area contributed by atoms with Crippen LogP contribution >= 0.6 is 11.3 Å². The summed E-state index contributed by atoms with van der Waals surface area (Å²) in [6.45, 7) is 0. The number of hydrogen-bond donors (Lipinski definition) is 2. The summed E-state index contributed by atoms with van der Waals surface area (Å²) in [5, 5.41) is 7.51. The Kier molecular flexibility index (Phi) is 4.15. The smallest absolute Gasteiger partial charge is 0.384 e. The third kappa shape index (κ3) is 3.23. The van der Waals surface area contributed by atoms with Crippen molar-refractivity contribution < 1.29 is 14.3 Å².